The lowest BCUT2D eigenvalue weighted by molar-refractivity contribution is -0.117. The van der Waals surface area contributed by atoms with E-state index in [1.54, 1.807) is 24.3 Å². The van der Waals surface area contributed by atoms with Gasteiger partial charge in [0.1, 0.15) is 0 Å². The highest BCUT2D eigenvalue weighted by atomic mass is 16.3. The van der Waals surface area contributed by atoms with Crippen LogP contribution in [-0.2, 0) is 0 Å². The highest BCUT2D eigenvalue weighted by Crippen LogP contribution is 2.17. The first-order chi connectivity index (χ1) is 11.7. The van der Waals surface area contributed by atoms with Gasteiger partial charge in [-0.05, 0) is 48.5 Å². The van der Waals surface area contributed by atoms with Crippen molar-refractivity contribution in [1.82, 2.24) is 0 Å². The molecule has 6 nitrogen and oxygen atoms in total. The molecule has 2 rings (SSSR count). The van der Waals surface area contributed by atoms with Crippen LogP contribution in [0.2, 0.25) is 0 Å². The summed E-state index contributed by atoms with van der Waals surface area (Å²) in [6, 6.07) is 16.4. The van der Waals surface area contributed by atoms with Crippen molar-refractivity contribution < 1.29 is 15.0 Å². The maximum Gasteiger partial charge on any atom is 0.379 e. The van der Waals surface area contributed by atoms with E-state index < -0.39 is 0 Å². The molecule has 0 saturated carbocycles. The number of anilines is 1. The van der Waals surface area contributed by atoms with E-state index in [2.05, 4.69) is 10.9 Å². The standard InChI is InChI=1S/C18H19N4O2/c19-13-14-1-3-15(4-2-14)18(21-20)16-5-7-17(8-6-16)22(9-11-23)10-12-24/h1-8,20,23-24H,9-12H2/q+1. The summed E-state index contributed by atoms with van der Waals surface area (Å²) < 4.78 is 0. The molecule has 2 aromatic carbocycles. The quantitative estimate of drug-likeness (QED) is 0.407. The Morgan fingerprint density at radius 2 is 1.46 bits per heavy atom. The maximum atomic E-state index is 9.11. The van der Waals surface area contributed by atoms with Gasteiger partial charge in [0.25, 0.3) is 0 Å². The van der Waals surface area contributed by atoms with Crippen molar-refractivity contribution in [2.24, 2.45) is 0 Å². The van der Waals surface area contributed by atoms with Crippen LogP contribution in [0.1, 0.15) is 16.7 Å². The van der Waals surface area contributed by atoms with E-state index >= 15 is 0 Å². The molecule has 3 N–H and O–H groups in total. The zero-order valence-electron chi connectivity index (χ0n) is 13.2. The predicted molar refractivity (Wildman–Crippen MR) is 90.2 cm³/mol. The molecule has 24 heavy (non-hydrogen) atoms. The Labute approximate surface area is 140 Å². The normalized spacial score (nSPS) is 9.88. The molecule has 0 aromatic heterocycles. The number of aliphatic hydroxyl groups excluding tert-OH is 2. The number of rotatable bonds is 7. The first-order valence-corrected chi connectivity index (χ1v) is 7.55. The molecule has 0 radical (unpaired) electrons. The van der Waals surface area contributed by atoms with Crippen LogP contribution in [0.25, 0.3) is 0 Å². The van der Waals surface area contributed by atoms with Gasteiger partial charge in [0.15, 0.2) is 0 Å². The highest BCUT2D eigenvalue weighted by Gasteiger charge is 2.18. The molecule has 0 heterocycles. The second kappa shape index (κ2) is 8.61. The number of aliphatic hydroxyl groups is 2. The lowest BCUT2D eigenvalue weighted by atomic mass is 10.0. The van der Waals surface area contributed by atoms with E-state index in [9.17, 15) is 0 Å². The third-order valence-corrected chi connectivity index (χ3v) is 3.64. The largest absolute Gasteiger partial charge is 0.395 e. The Kier molecular flexibility index (Phi) is 6.23. The predicted octanol–water partition coefficient (Wildman–Crippen LogP) is 1.43. The SMILES string of the molecule is N#Cc1ccc(C(=[N+]=N)c2ccc(N(CCO)CCO)cc2)cc1. The summed E-state index contributed by atoms with van der Waals surface area (Å²) >= 11 is 0. The summed E-state index contributed by atoms with van der Waals surface area (Å²) in [7, 11) is 0. The molecule has 0 aliphatic rings. The summed E-state index contributed by atoms with van der Waals surface area (Å²) in [6.07, 6.45) is 0. The van der Waals surface area contributed by atoms with Gasteiger partial charge < -0.3 is 15.1 Å². The van der Waals surface area contributed by atoms with E-state index in [1.807, 2.05) is 29.2 Å². The lowest BCUT2D eigenvalue weighted by Crippen LogP contribution is -2.29. The molecule has 0 atom stereocenters. The summed E-state index contributed by atoms with van der Waals surface area (Å²) in [5.41, 5.74) is 11.0. The van der Waals surface area contributed by atoms with Gasteiger partial charge in [0.2, 0.25) is 0 Å². The topological polar surface area (TPSA) is 105 Å². The minimum Gasteiger partial charge on any atom is -0.395 e. The fourth-order valence-electron chi connectivity index (χ4n) is 2.44. The van der Waals surface area contributed by atoms with Crippen LogP contribution in [0, 0.1) is 16.9 Å². The molecule has 0 amide bonds. The Morgan fingerprint density at radius 1 is 0.958 bits per heavy atom. The number of nitrogens with one attached hydrogen (secondary N) is 1. The Morgan fingerprint density at radius 3 is 1.88 bits per heavy atom. The van der Waals surface area contributed by atoms with Gasteiger partial charge in [-0.25, -0.2) is 0 Å². The molecule has 0 fully saturated rings. The van der Waals surface area contributed by atoms with Gasteiger partial charge in [-0.1, -0.05) is 0 Å². The zero-order valence-corrected chi connectivity index (χ0v) is 13.2. The molecule has 6 heteroatoms. The molecule has 0 bridgehead atoms. The number of nitrogens with zero attached hydrogens (tertiary/aromatic N) is 3. The van der Waals surface area contributed by atoms with Crippen molar-refractivity contribution >= 4 is 11.4 Å². The minimum absolute atomic E-state index is 0.00637. The van der Waals surface area contributed by atoms with E-state index in [0.29, 0.717) is 24.4 Å². The smallest absolute Gasteiger partial charge is 0.379 e. The van der Waals surface area contributed by atoms with Crippen molar-refractivity contribution in [3.63, 3.8) is 0 Å². The molecule has 2 aromatic rings. The Hall–Kier alpha value is -2.97. The molecular weight excluding hydrogens is 304 g/mol. The van der Waals surface area contributed by atoms with Crippen LogP contribution in [0.3, 0.4) is 0 Å². The van der Waals surface area contributed by atoms with Crippen molar-refractivity contribution in [1.29, 1.82) is 10.8 Å². The molecule has 0 aliphatic heterocycles. The van der Waals surface area contributed by atoms with Gasteiger partial charge in [-0.2, -0.15) is 5.26 Å². The summed E-state index contributed by atoms with van der Waals surface area (Å²) in [5.74, 6) is 0. The number of nitriles is 1. The van der Waals surface area contributed by atoms with E-state index in [-0.39, 0.29) is 13.2 Å². The van der Waals surface area contributed by atoms with Gasteiger partial charge in [0.05, 0.1) is 46.3 Å². The van der Waals surface area contributed by atoms with Crippen LogP contribution < -0.4 is 4.90 Å². The second-order valence-electron chi connectivity index (χ2n) is 5.13. The monoisotopic (exact) mass is 323 g/mol. The van der Waals surface area contributed by atoms with Crippen LogP contribution in [-0.4, -0.2) is 47.0 Å². The van der Waals surface area contributed by atoms with Crippen LogP contribution in [0.4, 0.5) is 5.69 Å². The number of hydrogen-bond donors (Lipinski definition) is 3. The second-order valence-corrected chi connectivity index (χ2v) is 5.13. The molecule has 0 aliphatic carbocycles. The molecule has 0 spiro atoms. The van der Waals surface area contributed by atoms with Crippen LogP contribution in [0.5, 0.6) is 0 Å². The highest BCUT2D eigenvalue weighted by molar-refractivity contribution is 6.09. The average Bonchev–Trinajstić information content (AvgIpc) is 2.63. The summed E-state index contributed by atoms with van der Waals surface area (Å²) in [4.78, 5) is 5.50. The van der Waals surface area contributed by atoms with E-state index in [0.717, 1.165) is 16.8 Å². The van der Waals surface area contributed by atoms with Gasteiger partial charge >= 0.3 is 5.71 Å². The van der Waals surface area contributed by atoms with Crippen LogP contribution >= 0.6 is 0 Å². The third kappa shape index (κ3) is 4.06. The fraction of sp³-hybridized carbons (Fsp3) is 0.222. The maximum absolute atomic E-state index is 9.11. The van der Waals surface area contributed by atoms with Gasteiger partial charge in [0, 0.05) is 18.8 Å². The van der Waals surface area contributed by atoms with Crippen molar-refractivity contribution in [3.8, 4) is 6.07 Å². The minimum atomic E-state index is 0.00637. The van der Waals surface area contributed by atoms with Crippen LogP contribution in [0.15, 0.2) is 48.5 Å². The fourth-order valence-corrected chi connectivity index (χ4v) is 2.44. The first-order valence-electron chi connectivity index (χ1n) is 7.55. The lowest BCUT2D eigenvalue weighted by Gasteiger charge is -2.22. The molecule has 0 saturated heterocycles. The summed E-state index contributed by atoms with van der Waals surface area (Å²) in [6.45, 7) is 0.892. The summed E-state index contributed by atoms with van der Waals surface area (Å²) in [5, 5.41) is 27.1. The van der Waals surface area contributed by atoms with E-state index in [4.69, 9.17) is 21.0 Å². The first kappa shape index (κ1) is 17.4. The Bertz CT molecular complexity index is 751. The van der Waals surface area contributed by atoms with Crippen molar-refractivity contribution in [2.75, 3.05) is 31.2 Å². The van der Waals surface area contributed by atoms with E-state index in [1.165, 1.54) is 0 Å². The molecular formula is C18H19N4O2+. The molecule has 0 unspecified atom stereocenters. The number of hydrogen-bond acceptors (Lipinski definition) is 5. The number of benzene rings is 2. The van der Waals surface area contributed by atoms with Gasteiger partial charge in [-0.3, -0.25) is 0 Å². The molecule has 122 valence electrons. The average molecular weight is 323 g/mol. The van der Waals surface area contributed by atoms with Gasteiger partial charge in [-0.15, -0.1) is 0 Å². The van der Waals surface area contributed by atoms with Crippen molar-refractivity contribution in [2.45, 2.75) is 0 Å². The third-order valence-electron chi connectivity index (χ3n) is 3.64. The zero-order chi connectivity index (χ0) is 17.4. The Balaban J connectivity index is 2.27. The van der Waals surface area contributed by atoms with Crippen molar-refractivity contribution in [3.05, 3.63) is 65.2 Å².